The van der Waals surface area contributed by atoms with E-state index in [0.29, 0.717) is 18.0 Å². The minimum Gasteiger partial charge on any atom is -0.342 e. The normalized spacial score (nSPS) is 18.1. The summed E-state index contributed by atoms with van der Waals surface area (Å²) in [5.41, 5.74) is 3.88. The third kappa shape index (κ3) is 2.49. The third-order valence-corrected chi connectivity index (χ3v) is 4.62. The van der Waals surface area contributed by atoms with Crippen molar-refractivity contribution in [2.45, 2.75) is 19.3 Å². The number of aromatic nitrogens is 2. The van der Waals surface area contributed by atoms with Gasteiger partial charge in [-0.15, -0.1) is 0 Å². The summed E-state index contributed by atoms with van der Waals surface area (Å²) < 4.78 is 0. The molecule has 0 saturated carbocycles. The lowest BCUT2D eigenvalue weighted by molar-refractivity contribution is -0.117. The molecule has 2 aromatic carbocycles. The molecule has 1 aromatic heterocycles. The molecule has 1 aliphatic rings. The van der Waals surface area contributed by atoms with Crippen molar-refractivity contribution in [3.63, 3.8) is 0 Å². The van der Waals surface area contributed by atoms with Crippen LogP contribution < -0.4 is 4.90 Å². The predicted octanol–water partition coefficient (Wildman–Crippen LogP) is 4.05. The van der Waals surface area contributed by atoms with E-state index in [-0.39, 0.29) is 11.8 Å². The van der Waals surface area contributed by atoms with Gasteiger partial charge in [-0.25, -0.2) is 4.98 Å². The molecule has 1 saturated heterocycles. The van der Waals surface area contributed by atoms with Crippen LogP contribution in [0.1, 0.15) is 23.7 Å². The second-order valence-electron chi connectivity index (χ2n) is 5.98. The van der Waals surface area contributed by atoms with Crippen molar-refractivity contribution < 1.29 is 4.79 Å². The first-order valence-corrected chi connectivity index (χ1v) is 8.01. The molecule has 1 aliphatic heterocycles. The van der Waals surface area contributed by atoms with Crippen LogP contribution in [0.25, 0.3) is 11.0 Å². The zero-order valence-corrected chi connectivity index (χ0v) is 13.5. The Bertz CT molecular complexity index is 869. The Hall–Kier alpha value is -2.33. The smallest absolute Gasteiger partial charge is 0.227 e. The number of amides is 1. The van der Waals surface area contributed by atoms with Crippen LogP contribution in [0.15, 0.2) is 42.5 Å². The van der Waals surface area contributed by atoms with Gasteiger partial charge < -0.3 is 9.88 Å². The molecule has 5 heteroatoms. The number of para-hydroxylation sites is 2. The largest absolute Gasteiger partial charge is 0.342 e. The van der Waals surface area contributed by atoms with Crippen molar-refractivity contribution in [2.24, 2.45) is 0 Å². The summed E-state index contributed by atoms with van der Waals surface area (Å²) in [4.78, 5) is 22.3. The number of rotatable bonds is 2. The standard InChI is InChI=1S/C18H16ClN3O/c1-11-6-7-13(19)9-16(11)22-10-12(8-17(22)23)18-20-14-4-2-3-5-15(14)21-18/h2-7,9,12H,8,10H2,1H3,(H,20,21)/t12-/m0/s1. The molecule has 23 heavy (non-hydrogen) atoms. The average Bonchev–Trinajstić information content (AvgIpc) is 3.13. The summed E-state index contributed by atoms with van der Waals surface area (Å²) in [6.07, 6.45) is 0.464. The average molecular weight is 326 g/mol. The highest BCUT2D eigenvalue weighted by molar-refractivity contribution is 6.31. The fourth-order valence-corrected chi connectivity index (χ4v) is 3.33. The molecule has 0 bridgehead atoms. The summed E-state index contributed by atoms with van der Waals surface area (Å²) in [6, 6.07) is 13.6. The number of imidazole rings is 1. The van der Waals surface area contributed by atoms with Crippen molar-refractivity contribution in [3.05, 3.63) is 58.9 Å². The SMILES string of the molecule is Cc1ccc(Cl)cc1N1C[C@@H](c2nc3ccccc3[nH]2)CC1=O. The maximum atomic E-state index is 12.5. The van der Waals surface area contributed by atoms with Crippen molar-refractivity contribution in [2.75, 3.05) is 11.4 Å². The van der Waals surface area contributed by atoms with Gasteiger partial charge in [0, 0.05) is 29.6 Å². The molecular weight excluding hydrogens is 310 g/mol. The molecule has 2 heterocycles. The van der Waals surface area contributed by atoms with Gasteiger partial charge in [-0.1, -0.05) is 29.8 Å². The number of aryl methyl sites for hydroxylation is 1. The van der Waals surface area contributed by atoms with Crippen molar-refractivity contribution in [3.8, 4) is 0 Å². The Morgan fingerprint density at radius 1 is 1.26 bits per heavy atom. The summed E-state index contributed by atoms with van der Waals surface area (Å²) in [5, 5.41) is 0.644. The molecular formula is C18H16ClN3O. The first-order chi connectivity index (χ1) is 11.1. The highest BCUT2D eigenvalue weighted by atomic mass is 35.5. The molecule has 1 fully saturated rings. The Morgan fingerprint density at radius 3 is 2.91 bits per heavy atom. The van der Waals surface area contributed by atoms with E-state index in [1.807, 2.05) is 54.3 Å². The number of H-pyrrole nitrogens is 1. The van der Waals surface area contributed by atoms with E-state index in [9.17, 15) is 4.79 Å². The minimum absolute atomic E-state index is 0.0771. The number of fused-ring (bicyclic) bond motifs is 1. The van der Waals surface area contributed by atoms with E-state index in [1.54, 1.807) is 0 Å². The van der Waals surface area contributed by atoms with Crippen LogP contribution in [0, 0.1) is 6.92 Å². The maximum Gasteiger partial charge on any atom is 0.227 e. The lowest BCUT2D eigenvalue weighted by Crippen LogP contribution is -2.25. The van der Waals surface area contributed by atoms with E-state index in [1.165, 1.54) is 0 Å². The zero-order chi connectivity index (χ0) is 16.0. The highest BCUT2D eigenvalue weighted by Crippen LogP contribution is 2.34. The first-order valence-electron chi connectivity index (χ1n) is 7.63. The number of hydrogen-bond donors (Lipinski definition) is 1. The lowest BCUT2D eigenvalue weighted by Gasteiger charge is -2.19. The molecule has 0 aliphatic carbocycles. The Balaban J connectivity index is 1.66. The van der Waals surface area contributed by atoms with Crippen LogP contribution in [0.2, 0.25) is 5.02 Å². The third-order valence-electron chi connectivity index (χ3n) is 4.38. The van der Waals surface area contributed by atoms with Gasteiger partial charge in [-0.3, -0.25) is 4.79 Å². The highest BCUT2D eigenvalue weighted by Gasteiger charge is 2.34. The van der Waals surface area contributed by atoms with Gasteiger partial charge in [0.2, 0.25) is 5.91 Å². The Kier molecular flexibility index (Phi) is 3.34. The van der Waals surface area contributed by atoms with Crippen LogP contribution in [0.5, 0.6) is 0 Å². The Labute approximate surface area is 139 Å². The quantitative estimate of drug-likeness (QED) is 0.773. The molecule has 0 unspecified atom stereocenters. The number of aromatic amines is 1. The number of carbonyl (C=O) groups excluding carboxylic acids is 1. The first kappa shape index (κ1) is 14.3. The molecule has 4 rings (SSSR count). The minimum atomic E-state index is 0.0771. The molecule has 0 radical (unpaired) electrons. The van der Waals surface area contributed by atoms with Gasteiger partial charge in [0.05, 0.1) is 11.0 Å². The van der Waals surface area contributed by atoms with Crippen LogP contribution in [-0.2, 0) is 4.79 Å². The summed E-state index contributed by atoms with van der Waals surface area (Å²) >= 11 is 6.09. The lowest BCUT2D eigenvalue weighted by atomic mass is 10.1. The molecule has 4 nitrogen and oxygen atoms in total. The fourth-order valence-electron chi connectivity index (χ4n) is 3.16. The fraction of sp³-hybridized carbons (Fsp3) is 0.222. The van der Waals surface area contributed by atoms with Gasteiger partial charge in [-0.05, 0) is 36.8 Å². The van der Waals surface area contributed by atoms with E-state index in [2.05, 4.69) is 9.97 Å². The van der Waals surface area contributed by atoms with Gasteiger partial charge in [0.15, 0.2) is 0 Å². The van der Waals surface area contributed by atoms with Crippen molar-refractivity contribution >= 4 is 34.2 Å². The second-order valence-corrected chi connectivity index (χ2v) is 6.41. The number of carbonyl (C=O) groups is 1. The van der Waals surface area contributed by atoms with Crippen molar-refractivity contribution in [1.82, 2.24) is 9.97 Å². The maximum absolute atomic E-state index is 12.5. The number of halogens is 1. The summed E-state index contributed by atoms with van der Waals surface area (Å²) in [7, 11) is 0. The van der Waals surface area contributed by atoms with Crippen LogP contribution in [0.4, 0.5) is 5.69 Å². The summed E-state index contributed by atoms with van der Waals surface area (Å²) in [5.74, 6) is 1.07. The second kappa shape index (κ2) is 5.39. The monoisotopic (exact) mass is 325 g/mol. The van der Waals surface area contributed by atoms with Crippen LogP contribution in [-0.4, -0.2) is 22.4 Å². The molecule has 1 amide bonds. The van der Waals surface area contributed by atoms with Gasteiger partial charge in [0.1, 0.15) is 5.82 Å². The Morgan fingerprint density at radius 2 is 2.09 bits per heavy atom. The van der Waals surface area contributed by atoms with E-state index < -0.39 is 0 Å². The number of benzene rings is 2. The molecule has 1 N–H and O–H groups in total. The molecule has 3 aromatic rings. The van der Waals surface area contributed by atoms with Gasteiger partial charge in [0.25, 0.3) is 0 Å². The molecule has 1 atom stereocenters. The topological polar surface area (TPSA) is 49.0 Å². The number of nitrogens with zero attached hydrogens (tertiary/aromatic N) is 2. The zero-order valence-electron chi connectivity index (χ0n) is 12.7. The van der Waals surface area contributed by atoms with E-state index in [0.717, 1.165) is 28.1 Å². The van der Waals surface area contributed by atoms with Crippen LogP contribution >= 0.6 is 11.6 Å². The van der Waals surface area contributed by atoms with Crippen LogP contribution in [0.3, 0.4) is 0 Å². The van der Waals surface area contributed by atoms with Gasteiger partial charge in [-0.2, -0.15) is 0 Å². The number of nitrogens with one attached hydrogen (secondary N) is 1. The van der Waals surface area contributed by atoms with E-state index in [4.69, 9.17) is 11.6 Å². The van der Waals surface area contributed by atoms with Crippen molar-refractivity contribution in [1.29, 1.82) is 0 Å². The molecule has 0 spiro atoms. The number of hydrogen-bond acceptors (Lipinski definition) is 2. The number of anilines is 1. The van der Waals surface area contributed by atoms with E-state index >= 15 is 0 Å². The predicted molar refractivity (Wildman–Crippen MR) is 92.0 cm³/mol. The molecule has 116 valence electrons. The summed E-state index contributed by atoms with van der Waals surface area (Å²) in [6.45, 7) is 2.62. The van der Waals surface area contributed by atoms with Gasteiger partial charge >= 0.3 is 0 Å².